The maximum Gasteiger partial charge on any atom is 0.335 e. The first-order chi connectivity index (χ1) is 9.57. The summed E-state index contributed by atoms with van der Waals surface area (Å²) in [4.78, 5) is 11.2. The molecule has 0 aliphatic rings. The Balaban J connectivity index is 3.27. The van der Waals surface area contributed by atoms with Gasteiger partial charge in [-0.25, -0.2) is 4.79 Å². The van der Waals surface area contributed by atoms with Crippen LogP contribution in [-0.4, -0.2) is 17.4 Å². The quantitative estimate of drug-likeness (QED) is 0.230. The van der Waals surface area contributed by atoms with Crippen LogP contribution in [0.4, 0.5) is 0 Å². The fraction of sp³-hybridized carbons (Fsp3) is 0.824. The molecule has 118 valence electrons. The lowest BCUT2D eigenvalue weighted by Gasteiger charge is -2.11. The minimum Gasteiger partial charge on any atom is -0.433 e. The topological polar surface area (TPSA) is 46.5 Å². The van der Waals surface area contributed by atoms with Gasteiger partial charge in [-0.15, -0.1) is 0 Å². The van der Waals surface area contributed by atoms with Crippen LogP contribution < -0.4 is 0 Å². The van der Waals surface area contributed by atoms with Crippen molar-refractivity contribution in [2.75, 3.05) is 0 Å². The number of ether oxygens (including phenoxy) is 1. The van der Waals surface area contributed by atoms with E-state index in [1.165, 1.54) is 51.4 Å². The number of esters is 1. The number of aliphatic hydroxyl groups is 1. The molecule has 0 rings (SSSR count). The first kappa shape index (κ1) is 19.2. The zero-order valence-electron chi connectivity index (χ0n) is 13.3. The molecule has 0 radical (unpaired) electrons. The SMILES string of the molecule is C=C(C)C(=O)OC(O)CCCCCCCCCCCC. The van der Waals surface area contributed by atoms with Crippen LogP contribution in [-0.2, 0) is 9.53 Å². The number of unbranched alkanes of at least 4 members (excludes halogenated alkanes) is 9. The molecule has 0 bridgehead atoms. The van der Waals surface area contributed by atoms with E-state index in [2.05, 4.69) is 13.5 Å². The molecule has 0 aromatic heterocycles. The Labute approximate surface area is 124 Å². The summed E-state index contributed by atoms with van der Waals surface area (Å²) in [5.74, 6) is -0.510. The van der Waals surface area contributed by atoms with E-state index in [1.807, 2.05) is 0 Å². The summed E-state index contributed by atoms with van der Waals surface area (Å²) < 4.78 is 4.81. The van der Waals surface area contributed by atoms with E-state index in [1.54, 1.807) is 6.92 Å². The van der Waals surface area contributed by atoms with Gasteiger partial charge in [-0.05, 0) is 13.3 Å². The van der Waals surface area contributed by atoms with Gasteiger partial charge >= 0.3 is 5.97 Å². The van der Waals surface area contributed by atoms with Gasteiger partial charge in [0.2, 0.25) is 6.29 Å². The number of carbonyl (C=O) groups is 1. The first-order valence-electron chi connectivity index (χ1n) is 8.12. The standard InChI is InChI=1S/C17H32O3/c1-4-5-6-7-8-9-10-11-12-13-14-16(18)20-17(19)15(2)3/h16,18H,2,4-14H2,1,3H3. The lowest BCUT2D eigenvalue weighted by Crippen LogP contribution is -2.17. The van der Waals surface area contributed by atoms with Crippen LogP contribution in [0.15, 0.2) is 12.2 Å². The Kier molecular flexibility index (Phi) is 12.6. The van der Waals surface area contributed by atoms with E-state index in [-0.39, 0.29) is 0 Å². The first-order valence-corrected chi connectivity index (χ1v) is 8.12. The molecular weight excluding hydrogens is 252 g/mol. The van der Waals surface area contributed by atoms with Crippen molar-refractivity contribution in [1.29, 1.82) is 0 Å². The second-order valence-electron chi connectivity index (χ2n) is 5.61. The molecule has 0 aliphatic heterocycles. The van der Waals surface area contributed by atoms with Gasteiger partial charge in [0.15, 0.2) is 0 Å². The van der Waals surface area contributed by atoms with E-state index in [0.29, 0.717) is 12.0 Å². The van der Waals surface area contributed by atoms with Crippen molar-refractivity contribution >= 4 is 5.97 Å². The van der Waals surface area contributed by atoms with Crippen LogP contribution in [0, 0.1) is 0 Å². The molecule has 1 N–H and O–H groups in total. The average Bonchev–Trinajstić information content (AvgIpc) is 2.40. The lowest BCUT2D eigenvalue weighted by molar-refractivity contribution is -0.163. The summed E-state index contributed by atoms with van der Waals surface area (Å²) in [7, 11) is 0. The molecule has 3 heteroatoms. The number of aliphatic hydroxyl groups excluding tert-OH is 1. The van der Waals surface area contributed by atoms with Crippen molar-refractivity contribution in [2.45, 2.75) is 90.8 Å². The lowest BCUT2D eigenvalue weighted by atomic mass is 10.1. The number of hydrogen-bond donors (Lipinski definition) is 1. The van der Waals surface area contributed by atoms with Gasteiger partial charge < -0.3 is 9.84 Å². The van der Waals surface area contributed by atoms with E-state index in [4.69, 9.17) is 4.74 Å². The second kappa shape index (κ2) is 13.2. The maximum absolute atomic E-state index is 11.2. The van der Waals surface area contributed by atoms with Crippen molar-refractivity contribution < 1.29 is 14.6 Å². The van der Waals surface area contributed by atoms with Gasteiger partial charge in [-0.2, -0.15) is 0 Å². The molecule has 0 fully saturated rings. The minimum absolute atomic E-state index is 0.326. The summed E-state index contributed by atoms with van der Waals surface area (Å²) in [5, 5.41) is 9.51. The van der Waals surface area contributed by atoms with Gasteiger partial charge in [-0.1, -0.05) is 71.3 Å². The number of hydrogen-bond acceptors (Lipinski definition) is 3. The fourth-order valence-corrected chi connectivity index (χ4v) is 2.09. The summed E-state index contributed by atoms with van der Waals surface area (Å²) >= 11 is 0. The van der Waals surface area contributed by atoms with Crippen LogP contribution in [0.3, 0.4) is 0 Å². The van der Waals surface area contributed by atoms with Crippen molar-refractivity contribution in [3.8, 4) is 0 Å². The summed E-state index contributed by atoms with van der Waals surface area (Å²) in [5.41, 5.74) is 0.326. The number of carbonyl (C=O) groups excluding carboxylic acids is 1. The molecule has 0 heterocycles. The normalized spacial score (nSPS) is 12.2. The summed E-state index contributed by atoms with van der Waals surface area (Å²) in [6.45, 7) is 7.30. The Hall–Kier alpha value is -0.830. The molecule has 0 amide bonds. The van der Waals surface area contributed by atoms with Crippen LogP contribution in [0.2, 0.25) is 0 Å². The molecule has 1 unspecified atom stereocenters. The third-order valence-corrected chi connectivity index (χ3v) is 3.40. The van der Waals surface area contributed by atoms with Gasteiger partial charge in [0, 0.05) is 12.0 Å². The monoisotopic (exact) mass is 284 g/mol. The van der Waals surface area contributed by atoms with Crippen LogP contribution >= 0.6 is 0 Å². The largest absolute Gasteiger partial charge is 0.433 e. The van der Waals surface area contributed by atoms with Gasteiger partial charge in [0.1, 0.15) is 0 Å². The Bertz CT molecular complexity index is 261. The van der Waals surface area contributed by atoms with Crippen LogP contribution in [0.25, 0.3) is 0 Å². The van der Waals surface area contributed by atoms with E-state index < -0.39 is 12.3 Å². The zero-order chi connectivity index (χ0) is 15.2. The van der Waals surface area contributed by atoms with Gasteiger partial charge in [0.25, 0.3) is 0 Å². The highest BCUT2D eigenvalue weighted by atomic mass is 16.6. The maximum atomic E-state index is 11.2. The van der Waals surface area contributed by atoms with E-state index >= 15 is 0 Å². The van der Waals surface area contributed by atoms with Crippen molar-refractivity contribution in [3.05, 3.63) is 12.2 Å². The predicted molar refractivity (Wildman–Crippen MR) is 83.4 cm³/mol. The molecular formula is C17H32O3. The van der Waals surface area contributed by atoms with Gasteiger partial charge in [0.05, 0.1) is 0 Å². The third kappa shape index (κ3) is 12.2. The molecule has 0 saturated heterocycles. The molecule has 0 aromatic carbocycles. The predicted octanol–water partition coefficient (Wildman–Crippen LogP) is 4.74. The van der Waals surface area contributed by atoms with E-state index in [0.717, 1.165) is 12.8 Å². The summed E-state index contributed by atoms with van der Waals surface area (Å²) in [6.07, 6.45) is 12.1. The molecule has 0 spiro atoms. The third-order valence-electron chi connectivity index (χ3n) is 3.40. The van der Waals surface area contributed by atoms with Crippen molar-refractivity contribution in [3.63, 3.8) is 0 Å². The minimum atomic E-state index is -0.978. The molecule has 0 saturated carbocycles. The highest BCUT2D eigenvalue weighted by Crippen LogP contribution is 2.12. The van der Waals surface area contributed by atoms with Crippen molar-refractivity contribution in [1.82, 2.24) is 0 Å². The van der Waals surface area contributed by atoms with Crippen LogP contribution in [0.5, 0.6) is 0 Å². The molecule has 0 aliphatic carbocycles. The summed E-state index contributed by atoms with van der Waals surface area (Å²) in [6, 6.07) is 0. The molecule has 3 nitrogen and oxygen atoms in total. The van der Waals surface area contributed by atoms with Gasteiger partial charge in [-0.3, -0.25) is 0 Å². The molecule has 1 atom stereocenters. The highest BCUT2D eigenvalue weighted by molar-refractivity contribution is 5.86. The Morgan fingerprint density at radius 3 is 1.90 bits per heavy atom. The average molecular weight is 284 g/mol. The van der Waals surface area contributed by atoms with E-state index in [9.17, 15) is 9.90 Å². The Morgan fingerprint density at radius 1 is 1.00 bits per heavy atom. The van der Waals surface area contributed by atoms with Crippen LogP contribution in [0.1, 0.15) is 84.5 Å². The highest BCUT2D eigenvalue weighted by Gasteiger charge is 2.10. The fourth-order valence-electron chi connectivity index (χ4n) is 2.09. The molecule has 20 heavy (non-hydrogen) atoms. The second-order valence-corrected chi connectivity index (χ2v) is 5.61. The van der Waals surface area contributed by atoms with Crippen molar-refractivity contribution in [2.24, 2.45) is 0 Å². The number of rotatable bonds is 13. The smallest absolute Gasteiger partial charge is 0.335 e. The zero-order valence-corrected chi connectivity index (χ0v) is 13.3. The molecule has 0 aromatic rings. The Morgan fingerprint density at radius 2 is 1.45 bits per heavy atom.